The fraction of sp³-hybridized carbons (Fsp3) is 0.296. The van der Waals surface area contributed by atoms with Crippen LogP contribution < -0.4 is 9.47 Å². The van der Waals surface area contributed by atoms with Gasteiger partial charge in [0.1, 0.15) is 5.54 Å². The number of ether oxygens (including phenoxy) is 2. The predicted molar refractivity (Wildman–Crippen MR) is 122 cm³/mol. The fourth-order valence-corrected chi connectivity index (χ4v) is 5.44. The number of ketones is 1. The summed E-state index contributed by atoms with van der Waals surface area (Å²) in [6.07, 6.45) is 0.744. The molecule has 1 atom stereocenters. The number of rotatable bonds is 4. The first kappa shape index (κ1) is 19.5. The zero-order chi connectivity index (χ0) is 21.5. The Kier molecular flexibility index (Phi) is 4.74. The van der Waals surface area contributed by atoms with Crippen LogP contribution in [0, 0.1) is 0 Å². The first-order valence-corrected chi connectivity index (χ1v) is 11.3. The van der Waals surface area contributed by atoms with Crippen molar-refractivity contribution in [3.05, 3.63) is 95.1 Å². The number of carbonyl (C=O) groups excluding carboxylic acids is 1. The van der Waals surface area contributed by atoms with E-state index in [4.69, 9.17) is 9.47 Å². The lowest BCUT2D eigenvalue weighted by Crippen LogP contribution is -2.58. The third-order valence-corrected chi connectivity index (χ3v) is 7.09. The van der Waals surface area contributed by atoms with E-state index in [2.05, 4.69) is 40.1 Å². The van der Waals surface area contributed by atoms with Crippen molar-refractivity contribution in [2.45, 2.75) is 18.5 Å². The Labute approximate surface area is 188 Å². The highest BCUT2D eigenvalue weighted by atomic mass is 16.7. The van der Waals surface area contributed by atoms with E-state index in [9.17, 15) is 4.79 Å². The largest absolute Gasteiger partial charge is 0.454 e. The van der Waals surface area contributed by atoms with Gasteiger partial charge in [0.05, 0.1) is 0 Å². The van der Waals surface area contributed by atoms with Gasteiger partial charge in [-0.05, 0) is 28.8 Å². The summed E-state index contributed by atoms with van der Waals surface area (Å²) in [5.74, 6) is 1.89. The molecule has 3 aliphatic rings. The maximum Gasteiger partial charge on any atom is 0.231 e. The average molecular weight is 427 g/mol. The average Bonchev–Trinajstić information content (AvgIpc) is 3.43. The molecule has 0 saturated carbocycles. The molecular formula is C27H26N2O3. The van der Waals surface area contributed by atoms with Gasteiger partial charge in [-0.3, -0.25) is 14.6 Å². The summed E-state index contributed by atoms with van der Waals surface area (Å²) in [4.78, 5) is 18.7. The van der Waals surface area contributed by atoms with Gasteiger partial charge in [0.25, 0.3) is 0 Å². The van der Waals surface area contributed by atoms with Gasteiger partial charge in [-0.15, -0.1) is 0 Å². The Balaban J connectivity index is 1.23. The lowest BCUT2D eigenvalue weighted by molar-refractivity contribution is 0.0288. The second-order valence-corrected chi connectivity index (χ2v) is 8.84. The summed E-state index contributed by atoms with van der Waals surface area (Å²) in [5.41, 5.74) is 3.76. The molecule has 3 aromatic carbocycles. The van der Waals surface area contributed by atoms with Crippen LogP contribution in [0.25, 0.3) is 0 Å². The number of carbonyl (C=O) groups is 1. The number of piperazine rings is 1. The molecule has 1 saturated heterocycles. The molecule has 5 nitrogen and oxygen atoms in total. The van der Waals surface area contributed by atoms with Crippen LogP contribution in [0.3, 0.4) is 0 Å². The molecule has 1 aliphatic carbocycles. The van der Waals surface area contributed by atoms with Gasteiger partial charge in [-0.2, -0.15) is 0 Å². The lowest BCUT2D eigenvalue weighted by Gasteiger charge is -2.45. The number of benzene rings is 3. The molecule has 0 bridgehead atoms. The van der Waals surface area contributed by atoms with E-state index in [0.717, 1.165) is 67.3 Å². The molecular weight excluding hydrogens is 400 g/mol. The monoisotopic (exact) mass is 426 g/mol. The number of hydrogen-bond acceptors (Lipinski definition) is 5. The van der Waals surface area contributed by atoms with E-state index in [1.54, 1.807) is 0 Å². The summed E-state index contributed by atoms with van der Waals surface area (Å²) in [7, 11) is 0. The summed E-state index contributed by atoms with van der Waals surface area (Å²) in [6, 6.07) is 24.6. The highest BCUT2D eigenvalue weighted by Gasteiger charge is 2.51. The van der Waals surface area contributed by atoms with Crippen molar-refractivity contribution in [2.75, 3.05) is 33.0 Å². The van der Waals surface area contributed by atoms with Crippen LogP contribution in [0.2, 0.25) is 0 Å². The van der Waals surface area contributed by atoms with E-state index in [0.29, 0.717) is 6.79 Å². The van der Waals surface area contributed by atoms with Crippen molar-refractivity contribution in [1.29, 1.82) is 0 Å². The third-order valence-electron chi connectivity index (χ3n) is 7.09. The third kappa shape index (κ3) is 3.12. The molecule has 0 spiro atoms. The van der Waals surface area contributed by atoms with E-state index in [1.165, 1.54) is 5.56 Å². The van der Waals surface area contributed by atoms with E-state index >= 15 is 0 Å². The molecule has 0 N–H and O–H groups in total. The van der Waals surface area contributed by atoms with Crippen LogP contribution in [0.1, 0.15) is 27.0 Å². The van der Waals surface area contributed by atoms with Crippen LogP contribution >= 0.6 is 0 Å². The fourth-order valence-electron chi connectivity index (χ4n) is 5.44. The van der Waals surface area contributed by atoms with Crippen molar-refractivity contribution in [2.24, 2.45) is 0 Å². The van der Waals surface area contributed by atoms with Crippen molar-refractivity contribution in [3.63, 3.8) is 0 Å². The highest BCUT2D eigenvalue weighted by Crippen LogP contribution is 2.43. The van der Waals surface area contributed by atoms with Crippen LogP contribution in [-0.4, -0.2) is 48.6 Å². The number of hydrogen-bond donors (Lipinski definition) is 0. The molecule has 0 amide bonds. The molecule has 3 aromatic rings. The quantitative estimate of drug-likeness (QED) is 0.634. The van der Waals surface area contributed by atoms with Gasteiger partial charge in [-0.1, -0.05) is 60.7 Å². The first-order chi connectivity index (χ1) is 15.7. The predicted octanol–water partition coefficient (Wildman–Crippen LogP) is 3.87. The van der Waals surface area contributed by atoms with Crippen molar-refractivity contribution >= 4 is 5.78 Å². The van der Waals surface area contributed by atoms with Gasteiger partial charge >= 0.3 is 0 Å². The molecule has 5 heteroatoms. The maximum atomic E-state index is 13.8. The highest BCUT2D eigenvalue weighted by molar-refractivity contribution is 6.08. The maximum absolute atomic E-state index is 13.8. The van der Waals surface area contributed by atoms with Crippen molar-refractivity contribution < 1.29 is 14.3 Å². The summed E-state index contributed by atoms with van der Waals surface area (Å²) in [5, 5.41) is 0. The summed E-state index contributed by atoms with van der Waals surface area (Å²) >= 11 is 0. The molecule has 1 fully saturated rings. The van der Waals surface area contributed by atoms with E-state index < -0.39 is 5.54 Å². The summed E-state index contributed by atoms with van der Waals surface area (Å²) < 4.78 is 11.0. The Morgan fingerprint density at radius 2 is 1.56 bits per heavy atom. The standard InChI is InChI=1S/C27H26N2O3/c30-26-23-9-5-4-6-21(23)17-27(26,22-7-2-1-3-8-22)29-14-12-28(13-15-29)18-20-10-11-24-25(16-20)32-19-31-24/h1-11,16H,12-15,17-19H2. The molecule has 2 aliphatic heterocycles. The van der Waals surface area contributed by atoms with Crippen molar-refractivity contribution in [1.82, 2.24) is 9.80 Å². The lowest BCUT2D eigenvalue weighted by atomic mass is 9.83. The smallest absolute Gasteiger partial charge is 0.231 e. The Morgan fingerprint density at radius 1 is 0.812 bits per heavy atom. The van der Waals surface area contributed by atoms with Crippen molar-refractivity contribution in [3.8, 4) is 11.5 Å². The molecule has 2 heterocycles. The second kappa shape index (κ2) is 7.76. The Bertz CT molecular complexity index is 1150. The minimum Gasteiger partial charge on any atom is -0.454 e. The molecule has 6 rings (SSSR count). The zero-order valence-corrected chi connectivity index (χ0v) is 18.0. The number of fused-ring (bicyclic) bond motifs is 2. The van der Waals surface area contributed by atoms with Crippen LogP contribution in [-0.2, 0) is 18.5 Å². The van der Waals surface area contributed by atoms with Gasteiger partial charge in [0, 0.05) is 44.7 Å². The minimum absolute atomic E-state index is 0.239. The van der Waals surface area contributed by atoms with Crippen LogP contribution in [0.4, 0.5) is 0 Å². The van der Waals surface area contributed by atoms with E-state index in [-0.39, 0.29) is 5.78 Å². The normalized spacial score (nSPS) is 22.8. The molecule has 1 unspecified atom stereocenters. The number of nitrogens with zero attached hydrogens (tertiary/aromatic N) is 2. The molecule has 0 aromatic heterocycles. The van der Waals surface area contributed by atoms with Gasteiger partial charge in [0.15, 0.2) is 17.3 Å². The van der Waals surface area contributed by atoms with E-state index in [1.807, 2.05) is 42.5 Å². The van der Waals surface area contributed by atoms with Crippen LogP contribution in [0.15, 0.2) is 72.8 Å². The Hall–Kier alpha value is -3.15. The summed E-state index contributed by atoms with van der Waals surface area (Å²) in [6.45, 7) is 4.74. The number of Topliss-reactive ketones (excluding diaryl/α,β-unsaturated/α-hetero) is 1. The Morgan fingerprint density at radius 3 is 2.38 bits per heavy atom. The SMILES string of the molecule is O=C1c2ccccc2CC1(c1ccccc1)N1CCN(Cc2ccc3c(c2)OCO3)CC1. The minimum atomic E-state index is -0.601. The zero-order valence-electron chi connectivity index (χ0n) is 18.0. The first-order valence-electron chi connectivity index (χ1n) is 11.3. The van der Waals surface area contributed by atoms with Gasteiger partial charge in [0.2, 0.25) is 6.79 Å². The molecule has 162 valence electrons. The molecule has 0 radical (unpaired) electrons. The van der Waals surface area contributed by atoms with Gasteiger partial charge < -0.3 is 9.47 Å². The topological polar surface area (TPSA) is 42.0 Å². The second-order valence-electron chi connectivity index (χ2n) is 8.84. The molecule has 32 heavy (non-hydrogen) atoms. The van der Waals surface area contributed by atoms with Crippen LogP contribution in [0.5, 0.6) is 11.5 Å². The van der Waals surface area contributed by atoms with Gasteiger partial charge in [-0.25, -0.2) is 0 Å².